The van der Waals surface area contributed by atoms with Gasteiger partial charge in [-0.05, 0) is 17.5 Å². The molecule has 2 rings (SSSR count). The number of rotatable bonds is 5. The van der Waals surface area contributed by atoms with Gasteiger partial charge >= 0.3 is 5.97 Å². The Morgan fingerprint density at radius 1 is 1.42 bits per heavy atom. The highest BCUT2D eigenvalue weighted by atomic mass is 32.2. The largest absolute Gasteiger partial charge is 0.477 e. The Hall–Kier alpha value is -1.22. The highest BCUT2D eigenvalue weighted by Crippen LogP contribution is 2.23. The summed E-state index contributed by atoms with van der Waals surface area (Å²) in [7, 11) is -2.16. The molecule has 0 bridgehead atoms. The SMILES string of the molecule is CN(Cc1cccs1)S(=O)(=O)c1csc(C(=O)O)c1. The number of hydrogen-bond donors (Lipinski definition) is 1. The van der Waals surface area contributed by atoms with Crippen molar-refractivity contribution in [2.45, 2.75) is 11.4 Å². The van der Waals surface area contributed by atoms with Gasteiger partial charge in [0.1, 0.15) is 4.88 Å². The topological polar surface area (TPSA) is 74.7 Å². The normalized spacial score (nSPS) is 11.9. The summed E-state index contributed by atoms with van der Waals surface area (Å²) >= 11 is 2.38. The van der Waals surface area contributed by atoms with Crippen molar-refractivity contribution in [2.24, 2.45) is 0 Å². The van der Waals surface area contributed by atoms with Crippen LogP contribution in [0.1, 0.15) is 14.5 Å². The fraction of sp³-hybridized carbons (Fsp3) is 0.182. The molecule has 2 aromatic heterocycles. The van der Waals surface area contributed by atoms with Gasteiger partial charge in [-0.2, -0.15) is 4.31 Å². The molecule has 0 amide bonds. The molecule has 0 saturated carbocycles. The van der Waals surface area contributed by atoms with Crippen molar-refractivity contribution in [3.63, 3.8) is 0 Å². The first-order valence-corrected chi connectivity index (χ1v) is 8.42. The van der Waals surface area contributed by atoms with E-state index >= 15 is 0 Å². The number of thiophene rings is 2. The third-order valence-corrected chi connectivity index (χ3v) is 6.16. The van der Waals surface area contributed by atoms with Crippen LogP contribution in [0.5, 0.6) is 0 Å². The van der Waals surface area contributed by atoms with Crippen LogP contribution in [0, 0.1) is 0 Å². The zero-order chi connectivity index (χ0) is 14.0. The van der Waals surface area contributed by atoms with E-state index in [0.717, 1.165) is 16.2 Å². The molecule has 2 aromatic rings. The van der Waals surface area contributed by atoms with E-state index in [2.05, 4.69) is 0 Å². The summed E-state index contributed by atoms with van der Waals surface area (Å²) in [5, 5.41) is 12.0. The van der Waals surface area contributed by atoms with Crippen molar-refractivity contribution >= 4 is 38.7 Å². The van der Waals surface area contributed by atoms with Crippen molar-refractivity contribution < 1.29 is 18.3 Å². The fourth-order valence-electron chi connectivity index (χ4n) is 1.45. The number of carbonyl (C=O) groups is 1. The number of carboxylic acids is 1. The molecule has 0 spiro atoms. The van der Waals surface area contributed by atoms with Gasteiger partial charge in [0.2, 0.25) is 10.0 Å². The molecule has 0 saturated heterocycles. The number of nitrogens with zero attached hydrogens (tertiary/aromatic N) is 1. The Labute approximate surface area is 118 Å². The molecule has 0 atom stereocenters. The molecular formula is C11H11NO4S3. The van der Waals surface area contributed by atoms with Gasteiger partial charge in [0, 0.05) is 23.8 Å². The van der Waals surface area contributed by atoms with E-state index in [-0.39, 0.29) is 16.3 Å². The summed E-state index contributed by atoms with van der Waals surface area (Å²) in [6, 6.07) is 4.90. The van der Waals surface area contributed by atoms with Gasteiger partial charge in [-0.25, -0.2) is 13.2 Å². The summed E-state index contributed by atoms with van der Waals surface area (Å²) < 4.78 is 25.7. The average Bonchev–Trinajstić information content (AvgIpc) is 2.99. The molecule has 1 N–H and O–H groups in total. The van der Waals surface area contributed by atoms with Gasteiger partial charge in [0.25, 0.3) is 0 Å². The summed E-state index contributed by atoms with van der Waals surface area (Å²) in [5.41, 5.74) is 0. The highest BCUT2D eigenvalue weighted by molar-refractivity contribution is 7.89. The minimum Gasteiger partial charge on any atom is -0.477 e. The lowest BCUT2D eigenvalue weighted by molar-refractivity contribution is 0.0702. The van der Waals surface area contributed by atoms with Crippen LogP contribution >= 0.6 is 22.7 Å². The smallest absolute Gasteiger partial charge is 0.345 e. The predicted molar refractivity (Wildman–Crippen MR) is 74.3 cm³/mol. The monoisotopic (exact) mass is 317 g/mol. The van der Waals surface area contributed by atoms with E-state index in [4.69, 9.17) is 5.11 Å². The molecule has 0 radical (unpaired) electrons. The zero-order valence-electron chi connectivity index (χ0n) is 9.94. The fourth-order valence-corrected chi connectivity index (χ4v) is 4.54. The molecule has 0 aliphatic rings. The highest BCUT2D eigenvalue weighted by Gasteiger charge is 2.23. The minimum absolute atomic E-state index is 0.0168. The maximum atomic E-state index is 12.2. The Morgan fingerprint density at radius 3 is 2.68 bits per heavy atom. The maximum Gasteiger partial charge on any atom is 0.345 e. The molecule has 0 aromatic carbocycles. The second-order valence-electron chi connectivity index (χ2n) is 3.79. The lowest BCUT2D eigenvalue weighted by Crippen LogP contribution is -2.25. The first kappa shape index (κ1) is 14.2. The van der Waals surface area contributed by atoms with Gasteiger partial charge in [0.05, 0.1) is 4.90 Å². The second-order valence-corrected chi connectivity index (χ2v) is 7.78. The molecule has 0 fully saturated rings. The van der Waals surface area contributed by atoms with Crippen LogP contribution in [-0.2, 0) is 16.6 Å². The predicted octanol–water partition coefficient (Wildman–Crippen LogP) is 2.33. The maximum absolute atomic E-state index is 12.2. The third-order valence-electron chi connectivity index (χ3n) is 2.45. The van der Waals surface area contributed by atoms with Crippen LogP contribution in [0.15, 0.2) is 33.9 Å². The summed E-state index contributed by atoms with van der Waals surface area (Å²) in [6.45, 7) is 0.276. The minimum atomic E-state index is -3.64. The van der Waals surface area contributed by atoms with Crippen LogP contribution in [0.25, 0.3) is 0 Å². The molecule has 102 valence electrons. The molecule has 19 heavy (non-hydrogen) atoms. The van der Waals surface area contributed by atoms with Gasteiger partial charge in [-0.3, -0.25) is 0 Å². The molecule has 0 aliphatic carbocycles. The van der Waals surface area contributed by atoms with Crippen molar-refractivity contribution in [3.05, 3.63) is 38.7 Å². The number of hydrogen-bond acceptors (Lipinski definition) is 5. The van der Waals surface area contributed by atoms with E-state index in [1.165, 1.54) is 34.1 Å². The summed E-state index contributed by atoms with van der Waals surface area (Å²) in [4.78, 5) is 11.7. The number of sulfonamides is 1. The van der Waals surface area contributed by atoms with Crippen LogP contribution in [0.3, 0.4) is 0 Å². The van der Waals surface area contributed by atoms with Gasteiger partial charge in [0.15, 0.2) is 0 Å². The first-order chi connectivity index (χ1) is 8.91. The molecule has 2 heterocycles. The lowest BCUT2D eigenvalue weighted by Gasteiger charge is -2.15. The standard InChI is InChI=1S/C11H11NO4S3/c1-12(6-8-3-2-4-17-8)19(15,16)9-5-10(11(13)14)18-7-9/h2-5,7H,6H2,1H3,(H,13,14). The van der Waals surface area contributed by atoms with Crippen LogP contribution < -0.4 is 0 Å². The quantitative estimate of drug-likeness (QED) is 0.918. The van der Waals surface area contributed by atoms with E-state index in [1.807, 2.05) is 17.5 Å². The van der Waals surface area contributed by atoms with Gasteiger partial charge < -0.3 is 5.11 Å². The Kier molecular flexibility index (Phi) is 4.04. The Morgan fingerprint density at radius 2 is 2.16 bits per heavy atom. The van der Waals surface area contributed by atoms with Crippen LogP contribution in [0.4, 0.5) is 0 Å². The number of aromatic carboxylic acids is 1. The molecule has 8 heteroatoms. The summed E-state index contributed by atoms with van der Waals surface area (Å²) in [5.74, 6) is -1.12. The van der Waals surface area contributed by atoms with Crippen molar-refractivity contribution in [1.82, 2.24) is 4.31 Å². The Bertz CT molecular complexity index is 673. The van der Waals surface area contributed by atoms with Gasteiger partial charge in [-0.1, -0.05) is 6.07 Å². The molecule has 0 unspecified atom stereocenters. The third kappa shape index (κ3) is 3.03. The van der Waals surface area contributed by atoms with Gasteiger partial charge in [-0.15, -0.1) is 22.7 Å². The van der Waals surface area contributed by atoms with Crippen LogP contribution in [-0.4, -0.2) is 30.8 Å². The average molecular weight is 317 g/mol. The van der Waals surface area contributed by atoms with Crippen molar-refractivity contribution in [3.8, 4) is 0 Å². The van der Waals surface area contributed by atoms with E-state index in [9.17, 15) is 13.2 Å². The van der Waals surface area contributed by atoms with E-state index in [0.29, 0.717) is 0 Å². The molecule has 0 aliphatic heterocycles. The first-order valence-electron chi connectivity index (χ1n) is 5.22. The van der Waals surface area contributed by atoms with E-state index < -0.39 is 16.0 Å². The van der Waals surface area contributed by atoms with E-state index in [1.54, 1.807) is 0 Å². The van der Waals surface area contributed by atoms with Crippen LogP contribution in [0.2, 0.25) is 0 Å². The molecule has 5 nitrogen and oxygen atoms in total. The zero-order valence-corrected chi connectivity index (χ0v) is 12.4. The Balaban J connectivity index is 2.23. The van der Waals surface area contributed by atoms with Crippen molar-refractivity contribution in [2.75, 3.05) is 7.05 Å². The van der Waals surface area contributed by atoms with Crippen molar-refractivity contribution in [1.29, 1.82) is 0 Å². The lowest BCUT2D eigenvalue weighted by atomic mass is 10.5. The molecular weight excluding hydrogens is 306 g/mol. The number of carboxylic acid groups (broad SMARTS) is 1. The summed E-state index contributed by atoms with van der Waals surface area (Å²) in [6.07, 6.45) is 0. The second kappa shape index (κ2) is 5.41.